The fourth-order valence-corrected chi connectivity index (χ4v) is 4.31. The fraction of sp³-hybridized carbons (Fsp3) is 0.280. The van der Waals surface area contributed by atoms with E-state index in [1.807, 2.05) is 12.1 Å². The molecule has 0 aromatic heterocycles. The Morgan fingerprint density at radius 1 is 0.852 bits per heavy atom. The third-order valence-electron chi connectivity index (χ3n) is 5.61. The molecule has 0 aliphatic carbocycles. The lowest BCUT2D eigenvalue weighted by molar-refractivity contribution is 0.0528. The Balaban J connectivity index is 1.94. The van der Waals surface area contributed by atoms with E-state index in [-0.39, 0.29) is 17.4 Å². The van der Waals surface area contributed by atoms with Crippen molar-refractivity contribution in [2.45, 2.75) is 38.2 Å². The van der Waals surface area contributed by atoms with E-state index < -0.39 is 0 Å². The van der Waals surface area contributed by atoms with Gasteiger partial charge in [0.15, 0.2) is 0 Å². The van der Waals surface area contributed by atoms with Crippen molar-refractivity contribution in [1.29, 1.82) is 0 Å². The molecule has 2 nitrogen and oxygen atoms in total. The number of ether oxygens (including phenoxy) is 2. The Morgan fingerprint density at radius 3 is 2.22 bits per heavy atom. The van der Waals surface area contributed by atoms with Crippen molar-refractivity contribution < 1.29 is 9.47 Å². The number of hydrogen-bond donors (Lipinski definition) is 0. The molecule has 138 valence electrons. The lowest BCUT2D eigenvalue weighted by Gasteiger charge is -2.45. The van der Waals surface area contributed by atoms with Crippen LogP contribution < -0.4 is 9.47 Å². The van der Waals surface area contributed by atoms with Crippen molar-refractivity contribution in [3.63, 3.8) is 0 Å². The molecule has 0 saturated heterocycles. The van der Waals surface area contributed by atoms with E-state index in [9.17, 15) is 0 Å². The van der Waals surface area contributed by atoms with E-state index in [1.54, 1.807) is 7.11 Å². The summed E-state index contributed by atoms with van der Waals surface area (Å²) in [5.74, 6) is 2.17. The van der Waals surface area contributed by atoms with Gasteiger partial charge in [0.1, 0.15) is 17.1 Å². The number of methoxy groups -OCH3 is 1. The van der Waals surface area contributed by atoms with Crippen LogP contribution in [0.3, 0.4) is 0 Å². The zero-order valence-corrected chi connectivity index (χ0v) is 16.4. The van der Waals surface area contributed by atoms with E-state index in [1.165, 1.54) is 22.3 Å². The summed E-state index contributed by atoms with van der Waals surface area (Å²) in [4.78, 5) is 0. The fourth-order valence-electron chi connectivity index (χ4n) is 4.31. The van der Waals surface area contributed by atoms with Gasteiger partial charge in [-0.1, -0.05) is 66.2 Å². The summed E-state index contributed by atoms with van der Waals surface area (Å²) in [6, 6.07) is 25.8. The molecule has 0 radical (unpaired) electrons. The van der Waals surface area contributed by atoms with Crippen molar-refractivity contribution in [2.24, 2.45) is 0 Å². The second-order valence-electron chi connectivity index (χ2n) is 7.89. The quantitative estimate of drug-likeness (QED) is 0.564. The summed E-state index contributed by atoms with van der Waals surface area (Å²) >= 11 is 0. The SMILES string of the molecule is COc1ccc2c(c1)OC(C)(C)C(c1ccccc1)C2c1ccc(C)cc1. The monoisotopic (exact) mass is 358 g/mol. The maximum Gasteiger partial charge on any atom is 0.127 e. The highest BCUT2D eigenvalue weighted by Gasteiger charge is 2.45. The first-order chi connectivity index (χ1) is 13.0. The molecule has 1 aliphatic heterocycles. The number of aryl methyl sites for hydroxylation is 1. The molecule has 2 unspecified atom stereocenters. The van der Waals surface area contributed by atoms with Gasteiger partial charge in [-0.05, 0) is 38.0 Å². The molecular weight excluding hydrogens is 332 g/mol. The van der Waals surface area contributed by atoms with Gasteiger partial charge in [0.05, 0.1) is 7.11 Å². The van der Waals surface area contributed by atoms with Gasteiger partial charge in [-0.15, -0.1) is 0 Å². The summed E-state index contributed by atoms with van der Waals surface area (Å²) in [7, 11) is 1.69. The predicted molar refractivity (Wildman–Crippen MR) is 110 cm³/mol. The van der Waals surface area contributed by atoms with Crippen LogP contribution in [0.25, 0.3) is 0 Å². The topological polar surface area (TPSA) is 18.5 Å². The Bertz CT molecular complexity index is 926. The molecule has 27 heavy (non-hydrogen) atoms. The van der Waals surface area contributed by atoms with Crippen molar-refractivity contribution >= 4 is 0 Å². The van der Waals surface area contributed by atoms with Gasteiger partial charge >= 0.3 is 0 Å². The first-order valence-electron chi connectivity index (χ1n) is 9.48. The van der Waals surface area contributed by atoms with Gasteiger partial charge in [-0.2, -0.15) is 0 Å². The van der Waals surface area contributed by atoms with Crippen LogP contribution in [0.5, 0.6) is 11.5 Å². The van der Waals surface area contributed by atoms with Gasteiger partial charge in [0, 0.05) is 23.5 Å². The van der Waals surface area contributed by atoms with Gasteiger partial charge in [-0.3, -0.25) is 0 Å². The van der Waals surface area contributed by atoms with Crippen LogP contribution in [0.1, 0.15) is 47.9 Å². The molecule has 0 bridgehead atoms. The number of hydrogen-bond acceptors (Lipinski definition) is 2. The highest BCUT2D eigenvalue weighted by atomic mass is 16.5. The Kier molecular flexibility index (Phi) is 4.43. The largest absolute Gasteiger partial charge is 0.497 e. The number of benzene rings is 3. The third-order valence-corrected chi connectivity index (χ3v) is 5.61. The van der Waals surface area contributed by atoms with Crippen LogP contribution in [-0.2, 0) is 0 Å². The van der Waals surface area contributed by atoms with E-state index in [0.29, 0.717) is 0 Å². The van der Waals surface area contributed by atoms with Crippen LogP contribution in [0.2, 0.25) is 0 Å². The highest BCUT2D eigenvalue weighted by molar-refractivity contribution is 5.52. The second-order valence-corrected chi connectivity index (χ2v) is 7.89. The standard InChI is InChI=1S/C25H26O2/c1-17-10-12-18(13-11-17)23-21-15-14-20(26-4)16-22(21)27-25(2,3)24(23)19-8-6-5-7-9-19/h5-16,23-24H,1-4H3. The van der Waals surface area contributed by atoms with Crippen molar-refractivity contribution in [1.82, 2.24) is 0 Å². The average molecular weight is 358 g/mol. The van der Waals surface area contributed by atoms with Crippen molar-refractivity contribution in [3.8, 4) is 11.5 Å². The molecule has 0 spiro atoms. The molecule has 4 rings (SSSR count). The van der Waals surface area contributed by atoms with Gasteiger partial charge in [0.2, 0.25) is 0 Å². The molecule has 0 fully saturated rings. The zero-order valence-electron chi connectivity index (χ0n) is 16.4. The average Bonchev–Trinajstić information content (AvgIpc) is 2.67. The minimum atomic E-state index is -0.351. The van der Waals surface area contributed by atoms with E-state index in [0.717, 1.165) is 11.5 Å². The maximum atomic E-state index is 6.52. The lowest BCUT2D eigenvalue weighted by atomic mass is 9.68. The molecule has 0 N–H and O–H groups in total. The molecular formula is C25H26O2. The number of rotatable bonds is 3. The summed E-state index contributed by atoms with van der Waals surface area (Å²) < 4.78 is 12.0. The molecule has 3 aromatic rings. The Morgan fingerprint density at radius 2 is 1.56 bits per heavy atom. The van der Waals surface area contributed by atoms with E-state index >= 15 is 0 Å². The molecule has 3 aromatic carbocycles. The Labute approximate surface area is 161 Å². The molecule has 2 heteroatoms. The third kappa shape index (κ3) is 3.21. The van der Waals surface area contributed by atoms with E-state index in [4.69, 9.17) is 9.47 Å². The van der Waals surface area contributed by atoms with Gasteiger partial charge in [-0.25, -0.2) is 0 Å². The predicted octanol–water partition coefficient (Wildman–Crippen LogP) is 6.09. The molecule has 0 amide bonds. The van der Waals surface area contributed by atoms with Crippen LogP contribution in [-0.4, -0.2) is 12.7 Å². The molecule has 1 heterocycles. The van der Waals surface area contributed by atoms with Gasteiger partial charge < -0.3 is 9.47 Å². The highest BCUT2D eigenvalue weighted by Crippen LogP contribution is 2.53. The lowest BCUT2D eigenvalue weighted by Crippen LogP contribution is -2.43. The molecule has 2 atom stereocenters. The first kappa shape index (κ1) is 17.7. The number of fused-ring (bicyclic) bond motifs is 1. The van der Waals surface area contributed by atoms with Gasteiger partial charge in [0.25, 0.3) is 0 Å². The molecule has 0 saturated carbocycles. The summed E-state index contributed by atoms with van der Waals surface area (Å²) in [6.45, 7) is 6.51. The van der Waals surface area contributed by atoms with Crippen LogP contribution in [0.4, 0.5) is 0 Å². The van der Waals surface area contributed by atoms with Crippen LogP contribution in [0.15, 0.2) is 72.8 Å². The normalized spacial score (nSPS) is 20.4. The summed E-state index contributed by atoms with van der Waals surface area (Å²) in [5.41, 5.74) is 4.76. The van der Waals surface area contributed by atoms with Crippen molar-refractivity contribution in [2.75, 3.05) is 7.11 Å². The minimum absolute atomic E-state index is 0.210. The van der Waals surface area contributed by atoms with E-state index in [2.05, 4.69) is 81.4 Å². The van der Waals surface area contributed by atoms with Crippen molar-refractivity contribution in [3.05, 3.63) is 95.1 Å². The second kappa shape index (κ2) is 6.77. The minimum Gasteiger partial charge on any atom is -0.497 e. The zero-order chi connectivity index (χ0) is 19.0. The molecule has 1 aliphatic rings. The Hall–Kier alpha value is -2.74. The van der Waals surface area contributed by atoms with Crippen LogP contribution >= 0.6 is 0 Å². The van der Waals surface area contributed by atoms with Crippen LogP contribution in [0, 0.1) is 6.92 Å². The smallest absolute Gasteiger partial charge is 0.127 e. The first-order valence-corrected chi connectivity index (χ1v) is 9.48. The summed E-state index contributed by atoms with van der Waals surface area (Å²) in [6.07, 6.45) is 0. The summed E-state index contributed by atoms with van der Waals surface area (Å²) in [5, 5.41) is 0. The maximum absolute atomic E-state index is 6.52.